The molecule has 1 atom stereocenters. The zero-order chi connectivity index (χ0) is 13.4. The molecule has 1 N–H and O–H groups in total. The van der Waals surface area contributed by atoms with Gasteiger partial charge in [0.05, 0.1) is 6.42 Å². The minimum atomic E-state index is -1.14. The average Bonchev–Trinajstić information content (AvgIpc) is 2.24. The zero-order valence-corrected chi connectivity index (χ0v) is 11.0. The summed E-state index contributed by atoms with van der Waals surface area (Å²) in [5.74, 6) is -0.907. The fraction of sp³-hybridized carbons (Fsp3) is 0.700. The molecular weight excluding hydrogens is 246 g/mol. The molecule has 17 heavy (non-hydrogen) atoms. The number of thioether (sulfide) groups is 1. The Morgan fingerprint density at radius 1 is 1.35 bits per heavy atom. The molecule has 1 amide bonds. The Hall–Kier alpha value is -1.08. The van der Waals surface area contributed by atoms with Crippen LogP contribution in [0.15, 0.2) is 0 Å². The molecule has 0 saturated carbocycles. The summed E-state index contributed by atoms with van der Waals surface area (Å²) < 4.78 is 0. The van der Waals surface area contributed by atoms with Gasteiger partial charge in [0.1, 0.15) is 0 Å². The Morgan fingerprint density at radius 2 is 1.94 bits per heavy atom. The molecule has 0 bridgehead atoms. The lowest BCUT2D eigenvalue weighted by Gasteiger charge is -2.23. The van der Waals surface area contributed by atoms with E-state index in [1.165, 1.54) is 13.8 Å². The minimum absolute atomic E-state index is 0.00443. The van der Waals surface area contributed by atoms with Gasteiger partial charge in [-0.15, -0.1) is 5.06 Å². The first-order valence-electron chi connectivity index (χ1n) is 5.20. The van der Waals surface area contributed by atoms with Crippen LogP contribution < -0.4 is 0 Å². The quantitative estimate of drug-likeness (QED) is 0.580. The zero-order valence-electron chi connectivity index (χ0n) is 10.1. The predicted molar refractivity (Wildman–Crippen MR) is 62.7 cm³/mol. The number of carbonyl (C=O) groups excluding carboxylic acids is 3. The fourth-order valence-electron chi connectivity index (χ4n) is 0.934. The SMILES string of the molecule is CCC(O)N(OC(=O)CCSC(C)=O)C(C)=O. The predicted octanol–water partition coefficient (Wildman–Crippen LogP) is 0.691. The first-order chi connectivity index (χ1) is 7.88. The van der Waals surface area contributed by atoms with E-state index in [-0.39, 0.29) is 18.0 Å². The highest BCUT2D eigenvalue weighted by Crippen LogP contribution is 2.07. The van der Waals surface area contributed by atoms with Crippen molar-refractivity contribution in [1.29, 1.82) is 0 Å². The molecule has 0 aliphatic rings. The maximum Gasteiger partial charge on any atom is 0.333 e. The second kappa shape index (κ2) is 8.08. The first-order valence-corrected chi connectivity index (χ1v) is 6.19. The number of hydroxylamine groups is 2. The highest BCUT2D eigenvalue weighted by atomic mass is 32.2. The summed E-state index contributed by atoms with van der Waals surface area (Å²) in [6.07, 6.45) is -0.878. The van der Waals surface area contributed by atoms with Crippen LogP contribution in [0.1, 0.15) is 33.6 Å². The third-order valence-corrected chi connectivity index (χ3v) is 2.57. The Balaban J connectivity index is 4.13. The molecule has 0 radical (unpaired) electrons. The summed E-state index contributed by atoms with van der Waals surface area (Å²) in [5.41, 5.74) is 0. The summed E-state index contributed by atoms with van der Waals surface area (Å²) in [6, 6.07) is 0. The Kier molecular flexibility index (Phi) is 7.56. The van der Waals surface area contributed by atoms with Gasteiger partial charge in [-0.3, -0.25) is 9.59 Å². The van der Waals surface area contributed by atoms with Crippen molar-refractivity contribution in [1.82, 2.24) is 5.06 Å². The Bertz CT molecular complexity index is 294. The highest BCUT2D eigenvalue weighted by molar-refractivity contribution is 8.13. The van der Waals surface area contributed by atoms with E-state index in [9.17, 15) is 19.5 Å². The van der Waals surface area contributed by atoms with Crippen LogP contribution in [0, 0.1) is 0 Å². The second-order valence-electron chi connectivity index (χ2n) is 3.29. The van der Waals surface area contributed by atoms with Crippen molar-refractivity contribution in [3.05, 3.63) is 0 Å². The minimum Gasteiger partial charge on any atom is -0.370 e. The van der Waals surface area contributed by atoms with Gasteiger partial charge in [0.2, 0.25) is 0 Å². The van der Waals surface area contributed by atoms with Gasteiger partial charge in [-0.05, 0) is 6.42 Å². The van der Waals surface area contributed by atoms with E-state index in [2.05, 4.69) is 0 Å². The van der Waals surface area contributed by atoms with Gasteiger partial charge in [-0.1, -0.05) is 18.7 Å². The lowest BCUT2D eigenvalue weighted by molar-refractivity contribution is -0.229. The van der Waals surface area contributed by atoms with E-state index < -0.39 is 18.1 Å². The van der Waals surface area contributed by atoms with Gasteiger partial charge in [0, 0.05) is 19.6 Å². The molecule has 0 heterocycles. The lowest BCUT2D eigenvalue weighted by Crippen LogP contribution is -2.40. The Morgan fingerprint density at radius 3 is 2.35 bits per heavy atom. The number of aliphatic hydroxyl groups is 1. The maximum atomic E-state index is 11.3. The van der Waals surface area contributed by atoms with Crippen molar-refractivity contribution in [2.45, 2.75) is 39.8 Å². The molecule has 0 rings (SSSR count). The molecule has 0 aromatic carbocycles. The van der Waals surface area contributed by atoms with Gasteiger partial charge in [0.15, 0.2) is 11.3 Å². The third-order valence-electron chi connectivity index (χ3n) is 1.76. The average molecular weight is 263 g/mol. The number of amides is 1. The van der Waals surface area contributed by atoms with Crippen LogP contribution in [-0.4, -0.2) is 39.1 Å². The van der Waals surface area contributed by atoms with Crippen LogP contribution in [0.5, 0.6) is 0 Å². The third kappa shape index (κ3) is 6.96. The van der Waals surface area contributed by atoms with Crippen molar-refractivity contribution >= 4 is 28.8 Å². The van der Waals surface area contributed by atoms with E-state index in [0.717, 1.165) is 11.8 Å². The van der Waals surface area contributed by atoms with Crippen LogP contribution in [0.2, 0.25) is 0 Å². The molecule has 0 saturated heterocycles. The number of hydrogen-bond acceptors (Lipinski definition) is 6. The number of carbonyl (C=O) groups is 3. The summed E-state index contributed by atoms with van der Waals surface area (Å²) in [7, 11) is 0. The molecule has 7 heteroatoms. The molecule has 98 valence electrons. The van der Waals surface area contributed by atoms with E-state index in [4.69, 9.17) is 4.84 Å². The summed E-state index contributed by atoms with van der Waals surface area (Å²) in [5, 5.41) is 9.97. The van der Waals surface area contributed by atoms with Gasteiger partial charge >= 0.3 is 5.97 Å². The van der Waals surface area contributed by atoms with E-state index >= 15 is 0 Å². The smallest absolute Gasteiger partial charge is 0.333 e. The number of nitrogens with zero attached hydrogens (tertiary/aromatic N) is 1. The van der Waals surface area contributed by atoms with Crippen molar-refractivity contribution < 1.29 is 24.3 Å². The molecule has 1 unspecified atom stereocenters. The van der Waals surface area contributed by atoms with Crippen molar-refractivity contribution in [2.24, 2.45) is 0 Å². The summed E-state index contributed by atoms with van der Waals surface area (Å²) >= 11 is 1.00. The van der Waals surface area contributed by atoms with Crippen molar-refractivity contribution in [3.8, 4) is 0 Å². The molecule has 0 spiro atoms. The normalized spacial score (nSPS) is 11.8. The maximum absolute atomic E-state index is 11.3. The first kappa shape index (κ1) is 15.9. The largest absolute Gasteiger partial charge is 0.370 e. The monoisotopic (exact) mass is 263 g/mol. The van der Waals surface area contributed by atoms with Crippen LogP contribution >= 0.6 is 11.8 Å². The van der Waals surface area contributed by atoms with Crippen LogP contribution in [0.25, 0.3) is 0 Å². The number of aliphatic hydroxyl groups excluding tert-OH is 1. The summed E-state index contributed by atoms with van der Waals surface area (Å²) in [6.45, 7) is 4.25. The van der Waals surface area contributed by atoms with Gasteiger partial charge in [-0.25, -0.2) is 4.79 Å². The van der Waals surface area contributed by atoms with E-state index in [1.807, 2.05) is 0 Å². The topological polar surface area (TPSA) is 83.9 Å². The van der Waals surface area contributed by atoms with E-state index in [0.29, 0.717) is 10.8 Å². The van der Waals surface area contributed by atoms with Crippen molar-refractivity contribution in [2.75, 3.05) is 5.75 Å². The van der Waals surface area contributed by atoms with Crippen molar-refractivity contribution in [3.63, 3.8) is 0 Å². The lowest BCUT2D eigenvalue weighted by atomic mass is 10.4. The molecule has 0 aromatic heterocycles. The summed E-state index contributed by atoms with van der Waals surface area (Å²) in [4.78, 5) is 37.7. The van der Waals surface area contributed by atoms with Crippen LogP contribution in [0.4, 0.5) is 0 Å². The van der Waals surface area contributed by atoms with Gasteiger partial charge < -0.3 is 9.94 Å². The Labute approximate surface area is 104 Å². The molecule has 0 aromatic rings. The van der Waals surface area contributed by atoms with Gasteiger partial charge in [0.25, 0.3) is 5.91 Å². The molecule has 0 aliphatic heterocycles. The standard InChI is InChI=1S/C10H17NO5S/c1-4-9(14)11(7(2)12)16-10(15)5-6-17-8(3)13/h9,14H,4-6H2,1-3H3. The van der Waals surface area contributed by atoms with E-state index in [1.54, 1.807) is 6.92 Å². The van der Waals surface area contributed by atoms with Crippen LogP contribution in [-0.2, 0) is 19.2 Å². The molecule has 0 fully saturated rings. The molecular formula is C10H17NO5S. The molecule has 6 nitrogen and oxygen atoms in total. The molecule has 0 aliphatic carbocycles. The number of hydrogen-bond donors (Lipinski definition) is 1. The second-order valence-corrected chi connectivity index (χ2v) is 4.56. The van der Waals surface area contributed by atoms with Crippen LogP contribution in [0.3, 0.4) is 0 Å². The number of rotatable bonds is 5. The fourth-order valence-corrected chi connectivity index (χ4v) is 1.49. The van der Waals surface area contributed by atoms with Gasteiger partial charge in [-0.2, -0.15) is 0 Å². The highest BCUT2D eigenvalue weighted by Gasteiger charge is 2.21.